The number of rotatable bonds is 20. The summed E-state index contributed by atoms with van der Waals surface area (Å²) in [6, 6.07) is 17.5. The molecule has 3 aromatic rings. The van der Waals surface area contributed by atoms with Gasteiger partial charge in [-0.05, 0) is 60.1 Å². The maximum atomic E-state index is 14.0. The third kappa shape index (κ3) is 12.7. The molecule has 0 aliphatic heterocycles. The Morgan fingerprint density at radius 1 is 0.833 bits per heavy atom. The minimum atomic E-state index is -3.83. The van der Waals surface area contributed by atoms with Gasteiger partial charge in [0.05, 0.1) is 17.4 Å². The summed E-state index contributed by atoms with van der Waals surface area (Å²) in [6.45, 7) is 6.33. The Labute approximate surface area is 283 Å². The number of aryl methyl sites for hydroxylation is 1. The van der Waals surface area contributed by atoms with Gasteiger partial charge in [0.25, 0.3) is 0 Å². The quantitative estimate of drug-likeness (QED) is 0.139. The maximum absolute atomic E-state index is 14.0. The number of hydrogen-bond donors (Lipinski definition) is 3. The molecule has 3 rings (SSSR count). The summed E-state index contributed by atoms with van der Waals surface area (Å²) in [6.07, 6.45) is 1.88. The van der Waals surface area contributed by atoms with Crippen LogP contribution in [0.15, 0.2) is 72.8 Å². The molecule has 0 radical (unpaired) electrons. The second kappa shape index (κ2) is 19.4. The molecular weight excluding hydrogens is 636 g/mol. The van der Waals surface area contributed by atoms with Crippen molar-refractivity contribution in [3.05, 3.63) is 107 Å². The van der Waals surface area contributed by atoms with Crippen molar-refractivity contribution in [2.45, 2.75) is 95.7 Å². The summed E-state index contributed by atoms with van der Waals surface area (Å²) in [5, 5.41) is 5.19. The summed E-state index contributed by atoms with van der Waals surface area (Å²) < 4.78 is 61.1. The fourth-order valence-electron chi connectivity index (χ4n) is 5.67. The summed E-state index contributed by atoms with van der Waals surface area (Å²) in [5.41, 5.74) is 9.63. The van der Waals surface area contributed by atoms with Crippen LogP contribution in [0.1, 0.15) is 68.7 Å². The van der Waals surface area contributed by atoms with Crippen molar-refractivity contribution in [2.24, 2.45) is 5.73 Å². The summed E-state index contributed by atoms with van der Waals surface area (Å²) in [7, 11) is -3.83. The zero-order valence-electron chi connectivity index (χ0n) is 28.1. The number of benzene rings is 3. The number of carbonyl (C=O) groups is 2. The van der Waals surface area contributed by atoms with E-state index in [1.54, 1.807) is 24.3 Å². The molecule has 0 bridgehead atoms. The molecule has 0 aliphatic carbocycles. The predicted molar refractivity (Wildman–Crippen MR) is 185 cm³/mol. The second-order valence-corrected chi connectivity index (χ2v) is 14.6. The van der Waals surface area contributed by atoms with E-state index < -0.39 is 62.5 Å². The first kappa shape index (κ1) is 38.8. The molecule has 0 spiro atoms. The van der Waals surface area contributed by atoms with E-state index in [1.165, 1.54) is 0 Å². The van der Waals surface area contributed by atoms with Gasteiger partial charge < -0.3 is 21.1 Å². The van der Waals surface area contributed by atoms with Crippen molar-refractivity contribution in [3.63, 3.8) is 0 Å². The van der Waals surface area contributed by atoms with Crippen LogP contribution >= 0.6 is 0 Å². The van der Waals surface area contributed by atoms with Crippen LogP contribution in [0, 0.1) is 11.6 Å². The number of ether oxygens (including phenoxy) is 1. The number of amides is 1. The third-order valence-electron chi connectivity index (χ3n) is 8.17. The number of halogens is 2. The van der Waals surface area contributed by atoms with Crippen LogP contribution in [0.3, 0.4) is 0 Å². The molecule has 0 aliphatic rings. The highest BCUT2D eigenvalue weighted by atomic mass is 32.2. The first-order valence-electron chi connectivity index (χ1n) is 16.7. The van der Waals surface area contributed by atoms with Gasteiger partial charge in [0.1, 0.15) is 23.8 Å². The van der Waals surface area contributed by atoms with E-state index in [0.29, 0.717) is 37.8 Å². The van der Waals surface area contributed by atoms with Crippen molar-refractivity contribution in [2.75, 3.05) is 12.3 Å². The molecule has 0 aromatic heterocycles. The van der Waals surface area contributed by atoms with Crippen LogP contribution in [0.2, 0.25) is 0 Å². The number of nitrogens with one attached hydrogen (secondary N) is 2. The Morgan fingerprint density at radius 2 is 1.46 bits per heavy atom. The molecule has 11 heteroatoms. The van der Waals surface area contributed by atoms with E-state index in [-0.39, 0.29) is 24.9 Å². The molecule has 0 fully saturated rings. The Morgan fingerprint density at radius 3 is 2.08 bits per heavy atom. The number of nitrogens with two attached hydrogens (primary N) is 1. The Hall–Kier alpha value is -3.67. The smallest absolute Gasteiger partial charge is 0.330 e. The van der Waals surface area contributed by atoms with Crippen LogP contribution in [0.4, 0.5) is 8.78 Å². The van der Waals surface area contributed by atoms with Gasteiger partial charge in [-0.15, -0.1) is 0 Å². The largest absolute Gasteiger partial charge is 0.458 e. The number of esters is 1. The molecular formula is C37H49F2N3O5S. The van der Waals surface area contributed by atoms with Crippen LogP contribution in [-0.4, -0.2) is 56.0 Å². The molecule has 3 aromatic carbocycles. The summed E-state index contributed by atoms with van der Waals surface area (Å²) >= 11 is 0. The average molecular weight is 686 g/mol. The van der Waals surface area contributed by atoms with E-state index in [1.807, 2.05) is 38.1 Å². The van der Waals surface area contributed by atoms with E-state index in [2.05, 4.69) is 23.6 Å². The fourth-order valence-corrected chi connectivity index (χ4v) is 7.82. The molecule has 0 saturated carbocycles. The van der Waals surface area contributed by atoms with Crippen molar-refractivity contribution >= 4 is 21.7 Å². The molecule has 262 valence electrons. The molecule has 1 amide bonds. The van der Waals surface area contributed by atoms with Gasteiger partial charge in [0.15, 0.2) is 9.84 Å². The minimum Gasteiger partial charge on any atom is -0.458 e. The molecule has 0 saturated heterocycles. The SMILES string of the molecule is CCCC(CCC)S(=O)(=O)C[C@H](NC(=O)Cc1ccccc1)C(=O)O[C@H](CNCc1cccc(CC)c1)[C@@H](N)Cc1cc(F)cc(F)c1. The van der Waals surface area contributed by atoms with Gasteiger partial charge in [-0.1, -0.05) is 88.2 Å². The lowest BCUT2D eigenvalue weighted by molar-refractivity contribution is -0.153. The van der Waals surface area contributed by atoms with Crippen LogP contribution in [0.5, 0.6) is 0 Å². The molecule has 3 atom stereocenters. The first-order chi connectivity index (χ1) is 22.9. The van der Waals surface area contributed by atoms with Crippen LogP contribution in [0.25, 0.3) is 0 Å². The number of hydrogen-bond acceptors (Lipinski definition) is 7. The second-order valence-electron chi connectivity index (χ2n) is 12.2. The lowest BCUT2D eigenvalue weighted by atomic mass is 10.0. The van der Waals surface area contributed by atoms with E-state index in [0.717, 1.165) is 35.7 Å². The van der Waals surface area contributed by atoms with Crippen molar-refractivity contribution in [1.29, 1.82) is 0 Å². The molecule has 0 unspecified atom stereocenters. The lowest BCUT2D eigenvalue weighted by Gasteiger charge is -2.28. The third-order valence-corrected chi connectivity index (χ3v) is 10.5. The predicted octanol–water partition coefficient (Wildman–Crippen LogP) is 5.21. The first-order valence-corrected chi connectivity index (χ1v) is 18.4. The Balaban J connectivity index is 1.86. The van der Waals surface area contributed by atoms with E-state index >= 15 is 0 Å². The minimum absolute atomic E-state index is 0.0297. The van der Waals surface area contributed by atoms with Crippen molar-refractivity contribution in [3.8, 4) is 0 Å². The van der Waals surface area contributed by atoms with E-state index in [9.17, 15) is 26.8 Å². The Bertz CT molecular complexity index is 1550. The summed E-state index contributed by atoms with van der Waals surface area (Å²) in [5.74, 6) is -3.65. The summed E-state index contributed by atoms with van der Waals surface area (Å²) in [4.78, 5) is 27.0. The highest BCUT2D eigenvalue weighted by Crippen LogP contribution is 2.18. The number of carbonyl (C=O) groups excluding carboxylic acids is 2. The molecule has 0 heterocycles. The van der Waals surface area contributed by atoms with Crippen molar-refractivity contribution in [1.82, 2.24) is 10.6 Å². The zero-order valence-corrected chi connectivity index (χ0v) is 28.9. The standard InChI is InChI=1S/C37H49F2N3O5S/c1-4-11-32(12-5-2)48(45,46)25-34(42-36(43)21-27-13-8-7-9-14-27)37(44)47-35(24-41-23-28-16-10-15-26(6-3)17-28)33(40)20-29-18-30(38)22-31(39)19-29/h7-10,13-19,22,32-35,41H,4-6,11-12,20-21,23-25,40H2,1-3H3,(H,42,43)/t33-,34-,35+/m0/s1. The van der Waals surface area contributed by atoms with Crippen molar-refractivity contribution < 1.29 is 31.5 Å². The Kier molecular flexibility index (Phi) is 15.6. The molecule has 8 nitrogen and oxygen atoms in total. The van der Waals surface area contributed by atoms with Crippen LogP contribution < -0.4 is 16.4 Å². The zero-order chi connectivity index (χ0) is 35.1. The van der Waals surface area contributed by atoms with Gasteiger partial charge in [-0.25, -0.2) is 22.0 Å². The van der Waals surface area contributed by atoms with Crippen LogP contribution in [-0.2, 0) is 50.0 Å². The molecule has 4 N–H and O–H groups in total. The van der Waals surface area contributed by atoms with Gasteiger partial charge in [-0.2, -0.15) is 0 Å². The highest BCUT2D eigenvalue weighted by molar-refractivity contribution is 7.92. The highest BCUT2D eigenvalue weighted by Gasteiger charge is 2.35. The van der Waals surface area contributed by atoms with Gasteiger partial charge in [0.2, 0.25) is 5.91 Å². The monoisotopic (exact) mass is 685 g/mol. The molecule has 48 heavy (non-hydrogen) atoms. The lowest BCUT2D eigenvalue weighted by Crippen LogP contribution is -2.52. The fraction of sp³-hybridized carbons (Fsp3) is 0.459. The van der Waals surface area contributed by atoms with Gasteiger partial charge >= 0.3 is 5.97 Å². The van der Waals surface area contributed by atoms with E-state index in [4.69, 9.17) is 10.5 Å². The van der Waals surface area contributed by atoms with Gasteiger partial charge in [-0.3, -0.25) is 4.79 Å². The maximum Gasteiger partial charge on any atom is 0.330 e. The number of sulfone groups is 1. The average Bonchev–Trinajstić information content (AvgIpc) is 3.03. The normalized spacial score (nSPS) is 13.6. The van der Waals surface area contributed by atoms with Gasteiger partial charge in [0, 0.05) is 25.2 Å². The topological polar surface area (TPSA) is 128 Å².